The van der Waals surface area contributed by atoms with Gasteiger partial charge in [-0.1, -0.05) is 121 Å². The van der Waals surface area contributed by atoms with Crippen molar-refractivity contribution in [1.29, 1.82) is 0 Å². The molecule has 18 heteroatoms. The van der Waals surface area contributed by atoms with Crippen molar-refractivity contribution in [3.05, 3.63) is 286 Å². The number of carboxylic acids is 4. The summed E-state index contributed by atoms with van der Waals surface area (Å²) in [6, 6.07) is 57.1. The second-order valence-corrected chi connectivity index (χ2v) is 21.0. The van der Waals surface area contributed by atoms with Crippen LogP contribution in [0.15, 0.2) is 219 Å². The molecule has 0 amide bonds. The minimum absolute atomic E-state index is 0. The first-order chi connectivity index (χ1) is 42.9. The van der Waals surface area contributed by atoms with E-state index in [1.54, 1.807) is 72.8 Å². The molecule has 0 aliphatic carbocycles. The quantitative estimate of drug-likeness (QED) is 0.0878. The van der Waals surface area contributed by atoms with Gasteiger partial charge in [0, 0.05) is 138 Å². The molecule has 90 heavy (non-hydrogen) atoms. The first kappa shape index (κ1) is 61.6. The smallest absolute Gasteiger partial charge is 0.656 e. The van der Waals surface area contributed by atoms with Gasteiger partial charge in [-0.15, -0.1) is 22.1 Å². The Bertz CT molecular complexity index is 4340. The first-order valence-electron chi connectivity index (χ1n) is 28.1. The van der Waals surface area contributed by atoms with Gasteiger partial charge < -0.3 is 49.6 Å². The number of pyridine rings is 4. The van der Waals surface area contributed by atoms with Gasteiger partial charge >= 0.3 is 17.1 Å². The van der Waals surface area contributed by atoms with Crippen LogP contribution >= 0.6 is 0 Å². The van der Waals surface area contributed by atoms with Gasteiger partial charge in [-0.25, -0.2) is 9.97 Å². The summed E-state index contributed by atoms with van der Waals surface area (Å²) in [6.45, 7) is 0.494. The van der Waals surface area contributed by atoms with Crippen LogP contribution in [0.1, 0.15) is 86.5 Å². The van der Waals surface area contributed by atoms with E-state index in [2.05, 4.69) is 0 Å². The Morgan fingerprint density at radius 2 is 0.522 bits per heavy atom. The zero-order chi connectivity index (χ0) is 60.4. The molecule has 13 rings (SSSR count). The van der Waals surface area contributed by atoms with Crippen molar-refractivity contribution in [3.8, 4) is 45.0 Å². The molecule has 2 aliphatic rings. The normalized spacial score (nSPS) is 11.4. The summed E-state index contributed by atoms with van der Waals surface area (Å²) in [5.41, 5.74) is 11.0. The van der Waals surface area contributed by atoms with E-state index in [0.29, 0.717) is 112 Å². The van der Waals surface area contributed by atoms with E-state index < -0.39 is 23.9 Å². The van der Waals surface area contributed by atoms with Gasteiger partial charge in [0.15, 0.2) is 51.0 Å². The molecule has 0 spiro atoms. The van der Waals surface area contributed by atoms with Crippen LogP contribution in [-0.2, 0) is 43.2 Å². The van der Waals surface area contributed by atoms with Crippen LogP contribution in [0.5, 0.6) is 0 Å². The molecular formula is C72H48FeN8O8Ra. The molecule has 2 radical (unpaired) electrons. The summed E-state index contributed by atoms with van der Waals surface area (Å²) in [5, 5.41) is 50.3. The zero-order valence-electron chi connectivity index (χ0n) is 47.8. The van der Waals surface area contributed by atoms with Crippen molar-refractivity contribution >= 4 is 70.2 Å². The number of aromatic nitrogens is 8. The number of nitrogens with zero attached hydrogens (tertiary/aromatic N) is 8. The molecule has 434 valence electrons. The predicted octanol–water partition coefficient (Wildman–Crippen LogP) is 5.38. The van der Waals surface area contributed by atoms with E-state index in [-0.39, 0.29) is 111 Å². The number of carbonyl (C=O) groups excluding carboxylic acids is 4. The third-order valence-electron chi connectivity index (χ3n) is 15.7. The van der Waals surface area contributed by atoms with E-state index in [0.717, 1.165) is 0 Å². The molecule has 0 saturated heterocycles. The molecule has 0 fully saturated rings. The number of benzene rings is 4. The molecule has 7 aromatic heterocycles. The van der Waals surface area contributed by atoms with Crippen molar-refractivity contribution in [1.82, 2.24) is 19.9 Å². The average molecular weight is 1440 g/mol. The molecule has 8 bridgehead atoms. The van der Waals surface area contributed by atoms with Gasteiger partial charge in [-0.3, -0.25) is 0 Å². The third kappa shape index (κ3) is 12.3. The Morgan fingerprint density at radius 1 is 0.311 bits per heavy atom. The van der Waals surface area contributed by atoms with Crippen LogP contribution in [0.3, 0.4) is 0 Å². The van der Waals surface area contributed by atoms with Gasteiger partial charge in [0.2, 0.25) is 22.8 Å². The number of aromatic carboxylic acids is 4. The van der Waals surface area contributed by atoms with Crippen molar-refractivity contribution in [2.24, 2.45) is 0 Å². The Morgan fingerprint density at radius 3 is 0.744 bits per heavy atom. The predicted molar refractivity (Wildman–Crippen MR) is 319 cm³/mol. The van der Waals surface area contributed by atoms with Crippen molar-refractivity contribution in [3.63, 3.8) is 0 Å². The number of fused-ring (bicyclic) bond motifs is 8. The number of hydrogen-bond donors (Lipinski definition) is 0. The summed E-state index contributed by atoms with van der Waals surface area (Å²) in [5.74, 6) is -5.26. The third-order valence-corrected chi connectivity index (χ3v) is 15.7. The monoisotopic (exact) mass is 1430 g/mol. The molecule has 16 nitrogen and oxygen atoms in total. The fourth-order valence-electron chi connectivity index (χ4n) is 11.7. The SMILES string of the molecule is O=C([O-])c1ccccc1C[n+]1ccccc1-c1c2nc(c(-c3cccc[n+]3Cc3ccccc3C(=O)[O-])c3ccc([n-]3)c(-c3cccc[n+]3Cc3ccccc3C(=O)[O-])c3nc(c(-c4cccc[n+]4Cc4ccccc4C(=O)[O-])c4ccc1[n-]4)C=C3)C=C2.[Fe+2].[Ra]. The van der Waals surface area contributed by atoms with Crippen LogP contribution in [0.2, 0.25) is 0 Å². The van der Waals surface area contributed by atoms with Gasteiger partial charge in [0.25, 0.3) is 0 Å². The Balaban J connectivity index is 0.00000417. The van der Waals surface area contributed by atoms with E-state index in [1.165, 1.54) is 24.3 Å². The van der Waals surface area contributed by atoms with E-state index in [4.69, 9.17) is 19.9 Å². The topological polar surface area (TPSA) is 230 Å². The molecule has 11 aromatic rings. The van der Waals surface area contributed by atoms with E-state index in [9.17, 15) is 39.6 Å². The standard InChI is InChI=1S/C72H50N8O8.Fe.Ra/c81-69(82)49-21-5-1-17-45(49)41-77-37-13-9-25-61(77)65-53-29-31-55(73-53)66(62-26-10-14-38-78(62)42-46-18-2-6-22-50(46)70(83)84)57-33-35-59(75-57)68(64-28-12-16-40-80(64)44-48-20-4-8-24-52(48)72(87)88)60-36-34-58(76-60)67(56-32-30-54(65)74-56)63-27-11-15-39-79(63)43-47-19-3-7-23-51(47)71(85)86;;/h1-40H,41-44H2,(H2-3,73,74,75,76,81,82,83,84,85,86,87,88);;/q;+2;/p-2. The molecule has 2 aliphatic heterocycles. The van der Waals surface area contributed by atoms with Crippen molar-refractivity contribution in [2.45, 2.75) is 26.2 Å². The summed E-state index contributed by atoms with van der Waals surface area (Å²) in [6.07, 6.45) is 15.1. The molecule has 4 aromatic carbocycles. The Hall–Kier alpha value is -10.1. The van der Waals surface area contributed by atoms with Gasteiger partial charge in [0.1, 0.15) is 0 Å². The summed E-state index contributed by atoms with van der Waals surface area (Å²) < 4.78 is 7.75. The second kappa shape index (κ2) is 26.7. The minimum atomic E-state index is -1.31. The van der Waals surface area contributed by atoms with E-state index in [1.807, 2.05) is 164 Å². The van der Waals surface area contributed by atoms with Crippen molar-refractivity contribution < 1.29 is 120 Å². The van der Waals surface area contributed by atoms with Crippen LogP contribution in [-0.4, -0.2) is 33.8 Å². The number of carboxylic acid groups (broad SMARTS) is 4. The van der Waals surface area contributed by atoms with Crippen LogP contribution < -0.4 is 48.7 Å². The molecule has 0 unspecified atom stereocenters. The maximum absolute atomic E-state index is 12.6. The van der Waals surface area contributed by atoms with Crippen LogP contribution in [0.4, 0.5) is 0 Å². The Labute approximate surface area is 562 Å². The number of hydrogen-bond acceptors (Lipinski definition) is 10. The summed E-state index contributed by atoms with van der Waals surface area (Å²) >= 11 is 0. The maximum atomic E-state index is 12.6. The Kier molecular flexibility index (Phi) is 18.3. The summed E-state index contributed by atoms with van der Waals surface area (Å²) in [4.78, 5) is 72.3. The van der Waals surface area contributed by atoms with Crippen LogP contribution in [0.25, 0.3) is 91.4 Å². The average Bonchev–Trinajstić information content (AvgIpc) is 1.61. The first-order valence-corrected chi connectivity index (χ1v) is 28.1. The maximum Gasteiger partial charge on any atom is 2.00 e. The van der Waals surface area contributed by atoms with Crippen molar-refractivity contribution in [2.75, 3.05) is 0 Å². The largest absolute Gasteiger partial charge is 2.00 e. The number of rotatable bonds is 16. The second-order valence-electron chi connectivity index (χ2n) is 21.0. The number of carbonyl (C=O) groups is 4. The molecule has 9 heterocycles. The van der Waals surface area contributed by atoms with E-state index >= 15 is 0 Å². The molecule has 0 atom stereocenters. The van der Waals surface area contributed by atoms with Gasteiger partial charge in [-0.05, 0) is 48.6 Å². The van der Waals surface area contributed by atoms with Gasteiger partial charge in [-0.2, -0.15) is 18.3 Å². The molecular weight excluding hydrogens is 1390 g/mol. The fraction of sp³-hybridized carbons (Fsp3) is 0.0556. The van der Waals surface area contributed by atoms with Crippen LogP contribution in [0, 0.1) is 45.0 Å². The van der Waals surface area contributed by atoms with Gasteiger partial charge in [0.05, 0.1) is 68.9 Å². The fourth-order valence-corrected chi connectivity index (χ4v) is 11.7. The molecule has 0 N–H and O–H groups in total. The minimum Gasteiger partial charge on any atom is -0.656 e. The molecule has 0 saturated carbocycles. The zero-order valence-corrected chi connectivity index (χ0v) is 54.7. The summed E-state index contributed by atoms with van der Waals surface area (Å²) in [7, 11) is 0.